The average Bonchev–Trinajstić information content (AvgIpc) is 2.64. The smallest absolute Gasteiger partial charge is 0.215 e. The number of hydrogen-bond acceptors (Lipinski definition) is 3. The number of fused-ring (bicyclic) bond motifs is 1. The van der Waals surface area contributed by atoms with Gasteiger partial charge in [0.05, 0.1) is 10.0 Å². The Morgan fingerprint density at radius 1 is 1.40 bits per heavy atom. The quantitative estimate of drug-likeness (QED) is 0.910. The van der Waals surface area contributed by atoms with Gasteiger partial charge < -0.3 is 9.73 Å². The van der Waals surface area contributed by atoms with Gasteiger partial charge in [-0.15, -0.1) is 0 Å². The summed E-state index contributed by atoms with van der Waals surface area (Å²) >= 11 is 3.44. The molecular weight excluding hydrogens is 256 g/mol. The molecule has 4 heteroatoms. The lowest BCUT2D eigenvalue weighted by molar-refractivity contribution is 0.338. The van der Waals surface area contributed by atoms with Crippen LogP contribution in [0.5, 0.6) is 0 Å². The lowest BCUT2D eigenvalue weighted by atomic mass is 10.1. The van der Waals surface area contributed by atoms with Crippen molar-refractivity contribution in [2.75, 3.05) is 7.05 Å². The summed E-state index contributed by atoms with van der Waals surface area (Å²) < 4.78 is 6.67. The zero-order valence-electron chi connectivity index (χ0n) is 8.97. The van der Waals surface area contributed by atoms with E-state index in [1.165, 1.54) is 0 Å². The fourth-order valence-corrected chi connectivity index (χ4v) is 1.73. The summed E-state index contributed by atoms with van der Waals surface area (Å²) in [5.41, 5.74) is 1.43. The average molecular weight is 269 g/mol. The van der Waals surface area contributed by atoms with Crippen LogP contribution in [0.25, 0.3) is 11.1 Å². The number of hydrogen-bond donors (Lipinski definition) is 1. The van der Waals surface area contributed by atoms with Crippen molar-refractivity contribution in [3.63, 3.8) is 0 Å². The predicted molar refractivity (Wildman–Crippen MR) is 63.8 cm³/mol. The predicted octanol–water partition coefficient (Wildman–Crippen LogP) is 3.04. The van der Waals surface area contributed by atoms with Gasteiger partial charge in [0.2, 0.25) is 5.89 Å². The first kappa shape index (κ1) is 10.6. The molecule has 80 valence electrons. The van der Waals surface area contributed by atoms with Crippen molar-refractivity contribution in [2.24, 2.45) is 0 Å². The van der Waals surface area contributed by atoms with E-state index in [9.17, 15) is 0 Å². The Morgan fingerprint density at radius 3 is 2.73 bits per heavy atom. The molecule has 0 spiro atoms. The molecule has 1 N–H and O–H groups in total. The Balaban J connectivity index is 2.62. The van der Waals surface area contributed by atoms with Crippen LogP contribution in [0, 0.1) is 0 Å². The van der Waals surface area contributed by atoms with E-state index in [1.54, 1.807) is 0 Å². The summed E-state index contributed by atoms with van der Waals surface area (Å²) in [6, 6.07) is 5.84. The summed E-state index contributed by atoms with van der Waals surface area (Å²) in [5.74, 6) is 0.701. The van der Waals surface area contributed by atoms with E-state index in [2.05, 4.69) is 26.2 Å². The van der Waals surface area contributed by atoms with E-state index in [0.29, 0.717) is 5.89 Å². The summed E-state index contributed by atoms with van der Waals surface area (Å²) in [7, 11) is 1.89. The van der Waals surface area contributed by atoms with Gasteiger partial charge in [0.1, 0.15) is 5.52 Å². The first-order valence-electron chi connectivity index (χ1n) is 4.79. The third-order valence-electron chi connectivity index (χ3n) is 2.53. The lowest BCUT2D eigenvalue weighted by Crippen LogP contribution is -2.33. The molecule has 0 bridgehead atoms. The third kappa shape index (κ3) is 1.79. The first-order chi connectivity index (χ1) is 7.04. The van der Waals surface area contributed by atoms with Gasteiger partial charge in [0.25, 0.3) is 0 Å². The van der Waals surface area contributed by atoms with Gasteiger partial charge in [-0.1, -0.05) is 6.07 Å². The molecule has 2 aromatic rings. The number of oxazole rings is 1. The molecule has 0 fully saturated rings. The van der Waals surface area contributed by atoms with Gasteiger partial charge in [0.15, 0.2) is 5.58 Å². The molecule has 15 heavy (non-hydrogen) atoms. The number of nitrogens with zero attached hydrogens (tertiary/aromatic N) is 1. The normalized spacial score (nSPS) is 12.3. The largest absolute Gasteiger partial charge is 0.437 e. The van der Waals surface area contributed by atoms with Crippen LogP contribution >= 0.6 is 15.9 Å². The minimum absolute atomic E-state index is 0.252. The van der Waals surface area contributed by atoms with E-state index in [-0.39, 0.29) is 5.54 Å². The molecule has 0 unspecified atom stereocenters. The molecule has 0 atom stereocenters. The Bertz CT molecular complexity index is 490. The van der Waals surface area contributed by atoms with Crippen LogP contribution < -0.4 is 5.32 Å². The van der Waals surface area contributed by atoms with Crippen LogP contribution in [0.4, 0.5) is 0 Å². The maximum atomic E-state index is 5.73. The second-order valence-corrected chi connectivity index (χ2v) is 4.84. The van der Waals surface area contributed by atoms with Crippen molar-refractivity contribution < 1.29 is 4.42 Å². The highest BCUT2D eigenvalue weighted by Crippen LogP contribution is 2.28. The summed E-state index contributed by atoms with van der Waals surface area (Å²) in [6.45, 7) is 4.07. The van der Waals surface area contributed by atoms with Gasteiger partial charge in [-0.3, -0.25) is 0 Å². The fourth-order valence-electron chi connectivity index (χ4n) is 1.29. The molecule has 1 aromatic heterocycles. The van der Waals surface area contributed by atoms with Gasteiger partial charge >= 0.3 is 0 Å². The van der Waals surface area contributed by atoms with Crippen molar-refractivity contribution in [3.8, 4) is 0 Å². The van der Waals surface area contributed by atoms with Gasteiger partial charge in [-0.05, 0) is 49.0 Å². The van der Waals surface area contributed by atoms with Crippen molar-refractivity contribution in [2.45, 2.75) is 19.4 Å². The van der Waals surface area contributed by atoms with Crippen LogP contribution in [0.1, 0.15) is 19.7 Å². The Kier molecular flexibility index (Phi) is 2.56. The fraction of sp³-hybridized carbons (Fsp3) is 0.364. The molecule has 0 radical (unpaired) electrons. The van der Waals surface area contributed by atoms with E-state index in [4.69, 9.17) is 4.42 Å². The topological polar surface area (TPSA) is 38.1 Å². The molecule has 1 aromatic carbocycles. The highest BCUT2D eigenvalue weighted by atomic mass is 79.9. The Morgan fingerprint density at radius 2 is 2.13 bits per heavy atom. The third-order valence-corrected chi connectivity index (χ3v) is 3.15. The summed E-state index contributed by atoms with van der Waals surface area (Å²) in [4.78, 5) is 4.46. The first-order valence-corrected chi connectivity index (χ1v) is 5.58. The molecule has 2 rings (SSSR count). The molecule has 3 nitrogen and oxygen atoms in total. The minimum Gasteiger partial charge on any atom is -0.437 e. The number of benzene rings is 1. The molecule has 0 aliphatic rings. The van der Waals surface area contributed by atoms with Gasteiger partial charge in [-0.25, -0.2) is 4.98 Å². The zero-order valence-corrected chi connectivity index (χ0v) is 10.6. The van der Waals surface area contributed by atoms with Crippen LogP contribution in [0.3, 0.4) is 0 Å². The van der Waals surface area contributed by atoms with E-state index in [0.717, 1.165) is 15.6 Å². The maximum absolute atomic E-state index is 5.73. The van der Waals surface area contributed by atoms with Crippen molar-refractivity contribution in [1.82, 2.24) is 10.3 Å². The lowest BCUT2D eigenvalue weighted by Gasteiger charge is -2.18. The monoisotopic (exact) mass is 268 g/mol. The summed E-state index contributed by atoms with van der Waals surface area (Å²) in [6.07, 6.45) is 0. The number of para-hydroxylation sites is 1. The van der Waals surface area contributed by atoms with Gasteiger partial charge in [0, 0.05) is 0 Å². The number of rotatable bonds is 2. The SMILES string of the molecule is CNC(C)(C)c1nc2cccc(Br)c2o1. The molecule has 0 amide bonds. The van der Waals surface area contributed by atoms with E-state index in [1.807, 2.05) is 39.1 Å². The van der Waals surface area contributed by atoms with Crippen LogP contribution in [-0.4, -0.2) is 12.0 Å². The van der Waals surface area contributed by atoms with Crippen molar-refractivity contribution in [3.05, 3.63) is 28.6 Å². The van der Waals surface area contributed by atoms with Crippen molar-refractivity contribution >= 4 is 27.0 Å². The molecule has 0 aliphatic heterocycles. The Labute approximate surface area is 97.0 Å². The second-order valence-electron chi connectivity index (χ2n) is 3.98. The Hall–Kier alpha value is -0.870. The standard InChI is InChI=1S/C11H13BrN2O/c1-11(2,13-3)10-14-8-6-4-5-7(12)9(8)15-10/h4-6,13H,1-3H3. The maximum Gasteiger partial charge on any atom is 0.215 e. The van der Waals surface area contributed by atoms with Crippen LogP contribution in [-0.2, 0) is 5.54 Å². The van der Waals surface area contributed by atoms with E-state index >= 15 is 0 Å². The highest BCUT2D eigenvalue weighted by molar-refractivity contribution is 9.10. The minimum atomic E-state index is -0.252. The zero-order chi connectivity index (χ0) is 11.1. The molecule has 1 heterocycles. The van der Waals surface area contributed by atoms with Crippen LogP contribution in [0.15, 0.2) is 27.1 Å². The summed E-state index contributed by atoms with van der Waals surface area (Å²) in [5, 5.41) is 3.17. The molecule has 0 saturated heterocycles. The van der Waals surface area contributed by atoms with Crippen molar-refractivity contribution in [1.29, 1.82) is 0 Å². The van der Waals surface area contributed by atoms with Crippen LogP contribution in [0.2, 0.25) is 0 Å². The van der Waals surface area contributed by atoms with E-state index < -0.39 is 0 Å². The molecular formula is C11H13BrN2O. The highest BCUT2D eigenvalue weighted by Gasteiger charge is 2.24. The second kappa shape index (κ2) is 3.61. The van der Waals surface area contributed by atoms with Gasteiger partial charge in [-0.2, -0.15) is 0 Å². The number of halogens is 1. The molecule has 0 saturated carbocycles. The number of nitrogens with one attached hydrogen (secondary N) is 1. The number of aromatic nitrogens is 1. The molecule has 0 aliphatic carbocycles.